The second-order valence-corrected chi connectivity index (χ2v) is 32.4. The first-order valence-corrected chi connectivity index (χ1v) is 45.5. The number of unbranched alkanes of at least 4 members (excludes halogenated alkanes) is 52. The van der Waals surface area contributed by atoms with Crippen LogP contribution in [0.25, 0.3) is 0 Å². The number of carbonyl (C=O) groups is 2. The highest BCUT2D eigenvalue weighted by Crippen LogP contribution is 2.43. The fourth-order valence-corrected chi connectivity index (χ4v) is 13.7. The molecular weight excluding hydrogens is 1280 g/mol. The molecule has 0 aliphatic carbocycles. The van der Waals surface area contributed by atoms with Crippen LogP contribution in [0, 0.1) is 0 Å². The lowest BCUT2D eigenvalue weighted by molar-refractivity contribution is -0.870. The van der Waals surface area contributed by atoms with E-state index >= 15 is 0 Å². The maximum atomic E-state index is 12.9. The second kappa shape index (κ2) is 82.0. The second-order valence-electron chi connectivity index (χ2n) is 30.9. The molecule has 2 unspecified atom stereocenters. The predicted molar refractivity (Wildman–Crippen MR) is 445 cm³/mol. The Labute approximate surface area is 634 Å². The first kappa shape index (κ1) is 98.9. The molecule has 1 N–H and O–H groups in total. The van der Waals surface area contributed by atoms with E-state index in [0.717, 1.165) is 77.0 Å². The Balaban J connectivity index is 3.89. The Bertz CT molecular complexity index is 2050. The number of rotatable bonds is 82. The van der Waals surface area contributed by atoms with E-state index in [2.05, 4.69) is 111 Å². The summed E-state index contributed by atoms with van der Waals surface area (Å²) in [4.78, 5) is 36.1. The summed E-state index contributed by atoms with van der Waals surface area (Å²) < 4.78 is 34.9. The van der Waals surface area contributed by atoms with Crippen LogP contribution < -0.4 is 0 Å². The van der Waals surface area contributed by atoms with Crippen LogP contribution in [0.1, 0.15) is 425 Å². The van der Waals surface area contributed by atoms with Crippen molar-refractivity contribution < 1.29 is 42.1 Å². The number of hydrogen-bond acceptors (Lipinski definition) is 7. The molecule has 0 aliphatic heterocycles. The van der Waals surface area contributed by atoms with Crippen molar-refractivity contribution in [1.82, 2.24) is 0 Å². The van der Waals surface area contributed by atoms with E-state index in [1.54, 1.807) is 0 Å². The number of nitrogens with zero attached hydrogens (tertiary/aromatic N) is 1. The van der Waals surface area contributed by atoms with E-state index in [1.165, 1.54) is 315 Å². The normalized spacial score (nSPS) is 13.4. The van der Waals surface area contributed by atoms with Crippen molar-refractivity contribution in [2.75, 3.05) is 47.5 Å². The Morgan fingerprint density at radius 2 is 0.559 bits per heavy atom. The summed E-state index contributed by atoms with van der Waals surface area (Å²) in [6.07, 6.45) is 116. The van der Waals surface area contributed by atoms with Crippen molar-refractivity contribution in [2.45, 2.75) is 431 Å². The molecule has 0 aliphatic rings. The monoisotopic (exact) mass is 1450 g/mol. The Kier molecular flexibility index (Phi) is 79.5. The van der Waals surface area contributed by atoms with Gasteiger partial charge in [0, 0.05) is 12.8 Å². The molecule has 594 valence electrons. The maximum absolute atomic E-state index is 12.9. The van der Waals surface area contributed by atoms with Gasteiger partial charge in [-0.05, 0) is 96.3 Å². The summed E-state index contributed by atoms with van der Waals surface area (Å²) in [5, 5.41) is 0. The third-order valence-corrected chi connectivity index (χ3v) is 20.6. The van der Waals surface area contributed by atoms with Crippen LogP contribution in [-0.4, -0.2) is 74.9 Å². The molecule has 0 radical (unpaired) electrons. The lowest BCUT2D eigenvalue weighted by atomic mass is 10.0. The molecule has 102 heavy (non-hydrogen) atoms. The van der Waals surface area contributed by atoms with Crippen LogP contribution in [0.3, 0.4) is 0 Å². The largest absolute Gasteiger partial charge is 0.472 e. The lowest BCUT2D eigenvalue weighted by Gasteiger charge is -2.24. The quantitative estimate of drug-likeness (QED) is 0.0211. The number of quaternary nitrogens is 1. The third-order valence-electron chi connectivity index (χ3n) is 19.6. The highest BCUT2D eigenvalue weighted by molar-refractivity contribution is 7.47. The van der Waals surface area contributed by atoms with Gasteiger partial charge in [0.15, 0.2) is 6.10 Å². The van der Waals surface area contributed by atoms with E-state index < -0.39 is 26.5 Å². The van der Waals surface area contributed by atoms with Gasteiger partial charge in [0.2, 0.25) is 0 Å². The Morgan fingerprint density at radius 3 is 0.843 bits per heavy atom. The summed E-state index contributed by atoms with van der Waals surface area (Å²) in [6, 6.07) is 0. The van der Waals surface area contributed by atoms with Crippen LogP contribution in [0.15, 0.2) is 97.2 Å². The van der Waals surface area contributed by atoms with Crippen LogP contribution in [0.2, 0.25) is 0 Å². The Morgan fingerprint density at radius 1 is 0.314 bits per heavy atom. The molecular formula is C92H169NO8P+. The van der Waals surface area contributed by atoms with Crippen molar-refractivity contribution in [1.29, 1.82) is 0 Å². The zero-order chi connectivity index (χ0) is 74.0. The number of allylic oxidation sites excluding steroid dienone is 16. The third kappa shape index (κ3) is 85.9. The van der Waals surface area contributed by atoms with E-state index in [1.807, 2.05) is 21.1 Å². The summed E-state index contributed by atoms with van der Waals surface area (Å²) in [6.45, 7) is 4.38. The molecule has 0 spiro atoms. The average Bonchev–Trinajstić information content (AvgIpc) is 0.914. The molecule has 0 aromatic carbocycles. The molecule has 0 bridgehead atoms. The van der Waals surface area contributed by atoms with Gasteiger partial charge in [-0.2, -0.15) is 0 Å². The summed E-state index contributed by atoms with van der Waals surface area (Å²) in [7, 11) is 1.49. The van der Waals surface area contributed by atoms with E-state index in [-0.39, 0.29) is 25.6 Å². The molecule has 0 aromatic heterocycles. The first-order chi connectivity index (χ1) is 50.0. The van der Waals surface area contributed by atoms with E-state index in [4.69, 9.17) is 18.5 Å². The van der Waals surface area contributed by atoms with Gasteiger partial charge in [-0.3, -0.25) is 18.6 Å². The van der Waals surface area contributed by atoms with Gasteiger partial charge in [-0.25, -0.2) is 4.57 Å². The number of phosphoric ester groups is 1. The topological polar surface area (TPSA) is 108 Å². The van der Waals surface area contributed by atoms with Gasteiger partial charge in [-0.15, -0.1) is 0 Å². The molecule has 0 heterocycles. The molecule has 0 fully saturated rings. The molecule has 0 saturated carbocycles. The zero-order valence-corrected chi connectivity index (χ0v) is 69.0. The number of ether oxygens (including phenoxy) is 2. The number of hydrogen-bond donors (Lipinski definition) is 1. The molecule has 10 heteroatoms. The van der Waals surface area contributed by atoms with Crippen molar-refractivity contribution in [3.8, 4) is 0 Å². The van der Waals surface area contributed by atoms with Crippen LogP contribution in [0.4, 0.5) is 0 Å². The van der Waals surface area contributed by atoms with Crippen molar-refractivity contribution in [3.63, 3.8) is 0 Å². The van der Waals surface area contributed by atoms with Gasteiger partial charge in [-0.1, -0.05) is 413 Å². The van der Waals surface area contributed by atoms with Crippen LogP contribution in [0.5, 0.6) is 0 Å². The van der Waals surface area contributed by atoms with Crippen molar-refractivity contribution in [3.05, 3.63) is 97.2 Å². The highest BCUT2D eigenvalue weighted by atomic mass is 31.2. The van der Waals surface area contributed by atoms with Crippen LogP contribution in [-0.2, 0) is 32.7 Å². The van der Waals surface area contributed by atoms with Gasteiger partial charge in [0.1, 0.15) is 19.8 Å². The van der Waals surface area contributed by atoms with Gasteiger partial charge < -0.3 is 18.9 Å². The smallest absolute Gasteiger partial charge is 0.462 e. The summed E-state index contributed by atoms with van der Waals surface area (Å²) >= 11 is 0. The van der Waals surface area contributed by atoms with E-state index in [0.29, 0.717) is 23.9 Å². The van der Waals surface area contributed by atoms with Crippen LogP contribution >= 0.6 is 7.82 Å². The van der Waals surface area contributed by atoms with Gasteiger partial charge in [0.25, 0.3) is 0 Å². The molecule has 9 nitrogen and oxygen atoms in total. The molecule has 0 amide bonds. The number of carbonyl (C=O) groups excluding carboxylic acids is 2. The minimum Gasteiger partial charge on any atom is -0.462 e. The number of esters is 2. The molecule has 0 aromatic rings. The average molecular weight is 1450 g/mol. The van der Waals surface area contributed by atoms with Gasteiger partial charge in [0.05, 0.1) is 27.7 Å². The predicted octanol–water partition coefficient (Wildman–Crippen LogP) is 29.7. The molecule has 0 rings (SSSR count). The van der Waals surface area contributed by atoms with Gasteiger partial charge >= 0.3 is 19.8 Å². The summed E-state index contributed by atoms with van der Waals surface area (Å²) in [5.41, 5.74) is 0. The number of likely N-dealkylation sites (N-methyl/N-ethyl adjacent to an activating group) is 1. The van der Waals surface area contributed by atoms with E-state index in [9.17, 15) is 19.0 Å². The molecule has 0 saturated heterocycles. The fraction of sp³-hybridized carbons (Fsp3) is 0.804. The minimum absolute atomic E-state index is 0.0320. The van der Waals surface area contributed by atoms with Crippen molar-refractivity contribution in [2.24, 2.45) is 0 Å². The summed E-state index contributed by atoms with van der Waals surface area (Å²) in [5.74, 6) is -0.777. The maximum Gasteiger partial charge on any atom is 0.472 e. The lowest BCUT2D eigenvalue weighted by Crippen LogP contribution is -2.37. The Hall–Kier alpha value is -3.07. The zero-order valence-electron chi connectivity index (χ0n) is 68.1. The number of phosphoric acid groups is 1. The molecule has 2 atom stereocenters. The fourth-order valence-electron chi connectivity index (χ4n) is 12.9. The highest BCUT2D eigenvalue weighted by Gasteiger charge is 2.27. The van der Waals surface area contributed by atoms with Crippen molar-refractivity contribution >= 4 is 19.8 Å². The minimum atomic E-state index is -4.40. The SMILES string of the molecule is CC/C=C\C/C=C\C/C=C\C/C=C\C/C=C\C/C=C\C/C=C\CCCCCCCCCCCCCCCCCCCC(=O)OC(COC(=O)CCCCCCCCCCCCCCCCCCCCCCCCCCCCC/C=C\CCCCCCCCCC)COP(=O)(O)OCC[N+](C)(C)C. The first-order valence-electron chi connectivity index (χ1n) is 44.0. The standard InChI is InChI=1S/C92H168NO8P/c1-6-8-10-12-14-16-18-20-22-24-26-28-30-32-34-36-38-40-42-44-46-48-50-52-54-56-58-60-62-64-66-68-70-72-74-76-78-80-82-84-91(94)98-88-90(89-100-102(96,97)99-87-86-93(3,4)5)101-92(95)85-83-81-79-77-75-73-71-69-67-65-63-61-59-57-55-53-51-49-47-45-43-41-39-37-35-33-31-29-27-25-23-21-19-17-15-13-11-9-7-2/h9,11,15,17,21,23-24,26-27,29,33,35,39,41,45,47,90H,6-8,10,12-14,16,18-20,22,25,28,30-32,34,36-38,40,42-44,46,48-89H2,1-5H3/p+1/b11-9-,17-15-,23-21-,26-24-,29-27-,35-33-,41-39-,47-45-.